The highest BCUT2D eigenvalue weighted by atomic mass is 19.2. The first-order valence-corrected chi connectivity index (χ1v) is 16.0. The van der Waals surface area contributed by atoms with Crippen LogP contribution in [0, 0.1) is 48.8 Å². The lowest BCUT2D eigenvalue weighted by Gasteiger charge is -2.19. The van der Waals surface area contributed by atoms with Crippen molar-refractivity contribution in [3.63, 3.8) is 0 Å². The highest BCUT2D eigenvalue weighted by Crippen LogP contribution is 2.43. The van der Waals surface area contributed by atoms with Crippen molar-refractivity contribution in [3.05, 3.63) is 129 Å². The van der Waals surface area contributed by atoms with Gasteiger partial charge in [0.25, 0.3) is 11.8 Å². The molecule has 4 aromatic carbocycles. The number of fused-ring (bicyclic) bond motifs is 2. The molecule has 6 rings (SSSR count). The Labute approximate surface area is 299 Å². The van der Waals surface area contributed by atoms with E-state index in [0.717, 1.165) is 45.5 Å². The molecule has 0 aliphatic carbocycles. The first-order valence-electron chi connectivity index (χ1n) is 16.0. The van der Waals surface area contributed by atoms with Gasteiger partial charge in [0.2, 0.25) is 0 Å². The zero-order chi connectivity index (χ0) is 39.5. The predicted molar refractivity (Wildman–Crippen MR) is 179 cm³/mol. The minimum Gasteiger partial charge on any atom is -0.505 e. The molecule has 4 N–H and O–H groups in total. The SMILES string of the molecule is Cc1c(C(CCC(C(=O)O)c2c(C)n(C(=O)c3ccc(F)c(F)c3)c3ccc(O)c(F)c23)C(=O)O)c2c(F)c(O)ccc2n1C(=O)c1ccc(F)c(F)c1. The third-order valence-corrected chi connectivity index (χ3v) is 9.45. The first-order chi connectivity index (χ1) is 25.5. The van der Waals surface area contributed by atoms with E-state index in [9.17, 15) is 57.2 Å². The molecule has 0 aliphatic heterocycles. The predicted octanol–water partition coefficient (Wildman–Crippen LogP) is 7.65. The molecule has 0 spiro atoms. The van der Waals surface area contributed by atoms with Crippen molar-refractivity contribution < 1.29 is 65.9 Å². The number of carbonyl (C=O) groups is 4. The summed E-state index contributed by atoms with van der Waals surface area (Å²) in [5.41, 5.74) is -2.48. The number of nitrogens with zero attached hydrogens (tertiary/aromatic N) is 2. The van der Waals surface area contributed by atoms with Crippen LogP contribution in [0.4, 0.5) is 26.3 Å². The fourth-order valence-corrected chi connectivity index (χ4v) is 6.97. The molecular formula is C38H26F6N2O8. The third-order valence-electron chi connectivity index (χ3n) is 9.45. The largest absolute Gasteiger partial charge is 0.505 e. The molecule has 0 fully saturated rings. The van der Waals surface area contributed by atoms with Gasteiger partial charge in [-0.05, 0) is 98.5 Å². The average Bonchev–Trinajstić information content (AvgIpc) is 3.58. The van der Waals surface area contributed by atoms with Gasteiger partial charge in [-0.3, -0.25) is 28.3 Å². The molecule has 0 saturated carbocycles. The molecule has 2 atom stereocenters. The van der Waals surface area contributed by atoms with Crippen LogP contribution in [0.2, 0.25) is 0 Å². The lowest BCUT2D eigenvalue weighted by Crippen LogP contribution is -2.20. The lowest BCUT2D eigenvalue weighted by molar-refractivity contribution is -0.141. The van der Waals surface area contributed by atoms with E-state index in [0.29, 0.717) is 24.3 Å². The zero-order valence-electron chi connectivity index (χ0n) is 27.9. The number of hydrogen-bond donors (Lipinski definition) is 4. The number of benzene rings is 4. The van der Waals surface area contributed by atoms with Crippen LogP contribution in [0.1, 0.15) is 67.9 Å². The van der Waals surface area contributed by atoms with E-state index in [4.69, 9.17) is 0 Å². The maximum Gasteiger partial charge on any atom is 0.311 e. The molecule has 278 valence electrons. The number of halogens is 6. The number of carbonyl (C=O) groups excluding carboxylic acids is 2. The second-order valence-electron chi connectivity index (χ2n) is 12.5. The van der Waals surface area contributed by atoms with Crippen LogP contribution in [-0.4, -0.2) is 53.3 Å². The van der Waals surface area contributed by atoms with Crippen LogP contribution in [0.5, 0.6) is 11.5 Å². The monoisotopic (exact) mass is 752 g/mol. The van der Waals surface area contributed by atoms with Crippen molar-refractivity contribution in [2.45, 2.75) is 38.5 Å². The van der Waals surface area contributed by atoms with Gasteiger partial charge < -0.3 is 20.4 Å². The number of aromatic hydroxyl groups is 2. The average molecular weight is 753 g/mol. The van der Waals surface area contributed by atoms with Crippen LogP contribution >= 0.6 is 0 Å². The van der Waals surface area contributed by atoms with Crippen molar-refractivity contribution in [1.82, 2.24) is 9.13 Å². The van der Waals surface area contributed by atoms with E-state index in [1.165, 1.54) is 13.8 Å². The Balaban J connectivity index is 1.49. The molecule has 2 unspecified atom stereocenters. The Hall–Kier alpha value is -6.58. The summed E-state index contributed by atoms with van der Waals surface area (Å²) in [6.07, 6.45) is -1.30. The number of carboxylic acid groups (broad SMARTS) is 2. The number of rotatable bonds is 9. The zero-order valence-corrected chi connectivity index (χ0v) is 27.9. The topological polar surface area (TPSA) is 159 Å². The van der Waals surface area contributed by atoms with Crippen LogP contribution in [0.3, 0.4) is 0 Å². The number of carboxylic acids is 2. The van der Waals surface area contributed by atoms with Crippen molar-refractivity contribution in [3.8, 4) is 11.5 Å². The quantitative estimate of drug-likeness (QED) is 0.110. The number of hydrogen-bond acceptors (Lipinski definition) is 6. The van der Waals surface area contributed by atoms with E-state index in [1.807, 2.05) is 0 Å². The van der Waals surface area contributed by atoms with Crippen molar-refractivity contribution >= 4 is 45.6 Å². The summed E-state index contributed by atoms with van der Waals surface area (Å²) in [5.74, 6) is -18.8. The van der Waals surface area contributed by atoms with Gasteiger partial charge in [-0.25, -0.2) is 26.3 Å². The van der Waals surface area contributed by atoms with Crippen LogP contribution < -0.4 is 0 Å². The Kier molecular flexibility index (Phi) is 9.48. The number of phenolic OH excluding ortho intramolecular Hbond substituents is 2. The maximum absolute atomic E-state index is 15.7. The Morgan fingerprint density at radius 1 is 0.556 bits per heavy atom. The second kappa shape index (κ2) is 13.8. The van der Waals surface area contributed by atoms with Crippen molar-refractivity contribution in [2.75, 3.05) is 0 Å². The standard InChI is InChI=1S/C38H26F6N2O8/c1-15-29(31-25(9-11-27(47)33(31)43)45(15)35(49)17-3-7-21(39)23(41)13-17)19(37(51)52)5-6-20(38(53)54)30-16(2)46(26-10-12-28(48)34(44)32(26)30)36(50)18-4-8-22(40)24(42)14-18/h3-4,7-14,19-20,47-48H,5-6H2,1-2H3,(H,51,52)(H,53,54). The van der Waals surface area contributed by atoms with E-state index in [1.54, 1.807) is 0 Å². The molecule has 16 heteroatoms. The minimum absolute atomic E-state index is 0.204. The highest BCUT2D eigenvalue weighted by Gasteiger charge is 2.36. The molecule has 6 aromatic rings. The van der Waals surface area contributed by atoms with Gasteiger partial charge >= 0.3 is 11.9 Å². The van der Waals surface area contributed by atoms with Gasteiger partial charge in [-0.2, -0.15) is 0 Å². The summed E-state index contributed by atoms with van der Waals surface area (Å²) in [6.45, 7) is 2.46. The molecule has 0 saturated heterocycles. The van der Waals surface area contributed by atoms with Gasteiger partial charge in [0.15, 0.2) is 46.4 Å². The van der Waals surface area contributed by atoms with Gasteiger partial charge in [-0.15, -0.1) is 0 Å². The summed E-state index contributed by atoms with van der Waals surface area (Å²) < 4.78 is 88.6. The van der Waals surface area contributed by atoms with E-state index >= 15 is 8.78 Å². The Morgan fingerprint density at radius 2 is 0.907 bits per heavy atom. The fraction of sp³-hybridized carbons (Fsp3) is 0.158. The van der Waals surface area contributed by atoms with Crippen molar-refractivity contribution in [1.29, 1.82) is 0 Å². The molecule has 0 amide bonds. The Bertz CT molecular complexity index is 2420. The van der Waals surface area contributed by atoms with Crippen LogP contribution in [0.25, 0.3) is 21.8 Å². The summed E-state index contributed by atoms with van der Waals surface area (Å²) in [7, 11) is 0. The number of phenols is 2. The minimum atomic E-state index is -1.82. The van der Waals surface area contributed by atoms with Gasteiger partial charge in [-0.1, -0.05) is 0 Å². The van der Waals surface area contributed by atoms with Gasteiger partial charge in [0.1, 0.15) is 0 Å². The summed E-state index contributed by atoms with van der Waals surface area (Å²) in [6, 6.07) is 8.37. The molecule has 54 heavy (non-hydrogen) atoms. The second-order valence-corrected chi connectivity index (χ2v) is 12.5. The normalized spacial score (nSPS) is 12.7. The van der Waals surface area contributed by atoms with Crippen molar-refractivity contribution in [2.24, 2.45) is 0 Å². The maximum atomic E-state index is 15.7. The molecule has 0 radical (unpaired) electrons. The fourth-order valence-electron chi connectivity index (χ4n) is 6.97. The molecule has 0 aliphatic rings. The Morgan fingerprint density at radius 3 is 1.22 bits per heavy atom. The van der Waals surface area contributed by atoms with Crippen LogP contribution in [-0.2, 0) is 9.59 Å². The summed E-state index contributed by atoms with van der Waals surface area (Å²) >= 11 is 0. The third kappa shape index (κ3) is 5.98. The summed E-state index contributed by atoms with van der Waals surface area (Å²) in [4.78, 5) is 53.1. The number of aromatic nitrogens is 2. The molecular weight excluding hydrogens is 726 g/mol. The smallest absolute Gasteiger partial charge is 0.311 e. The van der Waals surface area contributed by atoms with Crippen LogP contribution in [0.15, 0.2) is 60.7 Å². The van der Waals surface area contributed by atoms with E-state index in [2.05, 4.69) is 0 Å². The molecule has 0 bridgehead atoms. The van der Waals surface area contributed by atoms with E-state index in [-0.39, 0.29) is 33.5 Å². The highest BCUT2D eigenvalue weighted by molar-refractivity contribution is 6.07. The molecule has 2 heterocycles. The molecule has 10 nitrogen and oxygen atoms in total. The lowest BCUT2D eigenvalue weighted by atomic mass is 9.85. The van der Waals surface area contributed by atoms with E-state index < -0.39 is 117 Å². The van der Waals surface area contributed by atoms with Gasteiger partial charge in [0, 0.05) is 33.3 Å². The first kappa shape index (κ1) is 37.2. The number of aliphatic carboxylic acids is 2. The molecule has 2 aromatic heterocycles. The summed E-state index contributed by atoms with van der Waals surface area (Å²) in [5, 5.41) is 40.3. The van der Waals surface area contributed by atoms with Gasteiger partial charge in [0.05, 0.1) is 22.9 Å².